The van der Waals surface area contributed by atoms with E-state index in [1.165, 1.54) is 24.8 Å². The minimum atomic E-state index is -0.0357. The van der Waals surface area contributed by atoms with Crippen molar-refractivity contribution in [3.8, 4) is 5.75 Å². The topological polar surface area (TPSA) is 42.7 Å². The third kappa shape index (κ3) is 4.27. The van der Waals surface area contributed by atoms with E-state index >= 15 is 0 Å². The molecule has 0 radical (unpaired) electrons. The number of nitrogens with zero attached hydrogens (tertiary/aromatic N) is 1. The van der Waals surface area contributed by atoms with E-state index in [9.17, 15) is 4.79 Å². The first-order valence-corrected chi connectivity index (χ1v) is 11.6. The second-order valence-corrected chi connectivity index (χ2v) is 9.27. The molecule has 2 heterocycles. The molecule has 1 saturated carbocycles. The van der Waals surface area contributed by atoms with E-state index < -0.39 is 0 Å². The van der Waals surface area contributed by atoms with Crippen molar-refractivity contribution in [1.82, 2.24) is 4.90 Å². The van der Waals surface area contributed by atoms with Crippen molar-refractivity contribution in [3.63, 3.8) is 0 Å². The Balaban J connectivity index is 1.49. The Morgan fingerprint density at radius 3 is 2.61 bits per heavy atom. The first-order chi connectivity index (χ1) is 15.2. The molecule has 4 heteroatoms. The van der Waals surface area contributed by atoms with E-state index in [2.05, 4.69) is 36.2 Å². The first-order valence-electron chi connectivity index (χ1n) is 11.6. The second-order valence-electron chi connectivity index (χ2n) is 9.27. The van der Waals surface area contributed by atoms with Crippen LogP contribution in [0.15, 0.2) is 64.0 Å². The predicted octanol–water partition coefficient (Wildman–Crippen LogP) is 5.91. The van der Waals surface area contributed by atoms with Gasteiger partial charge in [0.05, 0.1) is 11.6 Å². The van der Waals surface area contributed by atoms with Gasteiger partial charge in [-0.15, -0.1) is 0 Å². The SMILES string of the molecule is CN1CCCC(C(Oc2ccc3occ(C4CCCC4)c(=O)c3c2)c2ccccc2)C1. The summed E-state index contributed by atoms with van der Waals surface area (Å²) in [6, 6.07) is 16.2. The molecule has 0 amide bonds. The highest BCUT2D eigenvalue weighted by atomic mass is 16.5. The second kappa shape index (κ2) is 8.88. The van der Waals surface area contributed by atoms with Crippen molar-refractivity contribution in [1.29, 1.82) is 0 Å². The van der Waals surface area contributed by atoms with Crippen molar-refractivity contribution >= 4 is 11.0 Å². The van der Waals surface area contributed by atoms with Crippen molar-refractivity contribution in [3.05, 3.63) is 76.1 Å². The van der Waals surface area contributed by atoms with Crippen LogP contribution >= 0.6 is 0 Å². The van der Waals surface area contributed by atoms with Gasteiger partial charge in [0.15, 0.2) is 5.43 Å². The molecule has 2 aromatic carbocycles. The quantitative estimate of drug-likeness (QED) is 0.517. The average Bonchev–Trinajstić information content (AvgIpc) is 3.33. The van der Waals surface area contributed by atoms with Gasteiger partial charge >= 0.3 is 0 Å². The lowest BCUT2D eigenvalue weighted by molar-refractivity contribution is 0.0777. The summed E-state index contributed by atoms with van der Waals surface area (Å²) in [5.41, 5.74) is 2.75. The van der Waals surface area contributed by atoms with E-state index in [1.54, 1.807) is 6.26 Å². The summed E-state index contributed by atoms with van der Waals surface area (Å²) in [6.07, 6.45) is 8.53. The summed E-state index contributed by atoms with van der Waals surface area (Å²) >= 11 is 0. The van der Waals surface area contributed by atoms with E-state index in [1.807, 2.05) is 24.3 Å². The molecule has 1 saturated heterocycles. The van der Waals surface area contributed by atoms with Gasteiger partial charge in [0.1, 0.15) is 17.4 Å². The largest absolute Gasteiger partial charge is 0.485 e. The van der Waals surface area contributed by atoms with Crippen molar-refractivity contribution < 1.29 is 9.15 Å². The maximum atomic E-state index is 13.2. The Labute approximate surface area is 183 Å². The fourth-order valence-corrected chi connectivity index (χ4v) is 5.40. The summed E-state index contributed by atoms with van der Waals surface area (Å²) in [6.45, 7) is 2.15. The Morgan fingerprint density at radius 1 is 1.03 bits per heavy atom. The molecule has 5 rings (SSSR count). The van der Waals surface area contributed by atoms with E-state index in [-0.39, 0.29) is 11.5 Å². The molecule has 162 valence electrons. The fraction of sp³-hybridized carbons (Fsp3) is 0.444. The zero-order valence-electron chi connectivity index (χ0n) is 18.3. The maximum Gasteiger partial charge on any atom is 0.196 e. The molecule has 2 fully saturated rings. The van der Waals surface area contributed by atoms with Crippen LogP contribution in [0.3, 0.4) is 0 Å². The molecule has 4 nitrogen and oxygen atoms in total. The third-order valence-corrected chi connectivity index (χ3v) is 7.05. The van der Waals surface area contributed by atoms with Gasteiger partial charge in [-0.1, -0.05) is 43.2 Å². The zero-order chi connectivity index (χ0) is 21.2. The highest BCUT2D eigenvalue weighted by molar-refractivity contribution is 5.78. The van der Waals surface area contributed by atoms with Crippen LogP contribution < -0.4 is 10.2 Å². The summed E-state index contributed by atoms with van der Waals surface area (Å²) in [7, 11) is 2.18. The molecule has 1 aromatic heterocycles. The molecule has 0 spiro atoms. The molecule has 2 unspecified atom stereocenters. The van der Waals surface area contributed by atoms with Crippen LogP contribution in [0.2, 0.25) is 0 Å². The average molecular weight is 418 g/mol. The van der Waals surface area contributed by atoms with E-state index in [4.69, 9.17) is 9.15 Å². The number of hydrogen-bond acceptors (Lipinski definition) is 4. The molecular formula is C27H31NO3. The highest BCUT2D eigenvalue weighted by Gasteiger charge is 2.29. The van der Waals surface area contributed by atoms with Crippen LogP contribution in [-0.2, 0) is 0 Å². The van der Waals surface area contributed by atoms with Crippen LogP contribution in [0.4, 0.5) is 0 Å². The standard InChI is InChI=1S/C27H31NO3/c1-28-15-7-12-21(17-28)27(20-10-3-2-4-11-20)31-22-13-14-25-23(16-22)26(29)24(18-30-25)19-8-5-6-9-19/h2-4,10-11,13-14,16,18-19,21,27H,5-9,12,15,17H2,1H3. The summed E-state index contributed by atoms with van der Waals surface area (Å²) in [4.78, 5) is 15.6. The monoisotopic (exact) mass is 417 g/mol. The zero-order valence-corrected chi connectivity index (χ0v) is 18.3. The molecule has 2 aliphatic rings. The van der Waals surface area contributed by atoms with Gasteiger partial charge in [-0.2, -0.15) is 0 Å². The number of ether oxygens (including phenoxy) is 1. The fourth-order valence-electron chi connectivity index (χ4n) is 5.40. The van der Waals surface area contributed by atoms with Gasteiger partial charge in [0.25, 0.3) is 0 Å². The Morgan fingerprint density at radius 2 is 1.84 bits per heavy atom. The van der Waals surface area contributed by atoms with Gasteiger partial charge < -0.3 is 14.1 Å². The normalized spacial score (nSPS) is 21.4. The minimum Gasteiger partial charge on any atom is -0.485 e. The first kappa shape index (κ1) is 20.3. The molecule has 1 aliphatic carbocycles. The molecular weight excluding hydrogens is 386 g/mol. The van der Waals surface area contributed by atoms with Crippen LogP contribution in [0.25, 0.3) is 11.0 Å². The van der Waals surface area contributed by atoms with Gasteiger partial charge in [-0.05, 0) is 69.0 Å². The minimum absolute atomic E-state index is 0.0357. The molecule has 0 bridgehead atoms. The third-order valence-electron chi connectivity index (χ3n) is 7.05. The van der Waals surface area contributed by atoms with Gasteiger partial charge in [-0.25, -0.2) is 0 Å². The van der Waals surface area contributed by atoms with Crippen molar-refractivity contribution in [2.75, 3.05) is 20.1 Å². The summed E-state index contributed by atoms with van der Waals surface area (Å²) < 4.78 is 12.5. The van der Waals surface area contributed by atoms with E-state index in [0.717, 1.165) is 43.7 Å². The number of hydrogen-bond donors (Lipinski definition) is 0. The van der Waals surface area contributed by atoms with Gasteiger partial charge in [-0.3, -0.25) is 4.79 Å². The van der Waals surface area contributed by atoms with Crippen LogP contribution in [0, 0.1) is 5.92 Å². The molecule has 3 aromatic rings. The van der Waals surface area contributed by atoms with Gasteiger partial charge in [0, 0.05) is 18.0 Å². The molecule has 0 N–H and O–H groups in total. The number of rotatable bonds is 5. The van der Waals surface area contributed by atoms with Crippen LogP contribution in [0.5, 0.6) is 5.75 Å². The number of benzene rings is 2. The van der Waals surface area contributed by atoms with Crippen LogP contribution in [0.1, 0.15) is 61.7 Å². The summed E-state index contributed by atoms with van der Waals surface area (Å²) in [5, 5.41) is 0.634. The Kier molecular flexibility index (Phi) is 5.82. The van der Waals surface area contributed by atoms with Gasteiger partial charge in [0.2, 0.25) is 0 Å². The van der Waals surface area contributed by atoms with E-state index in [0.29, 0.717) is 22.8 Å². The highest BCUT2D eigenvalue weighted by Crippen LogP contribution is 2.36. The molecule has 1 aliphatic heterocycles. The summed E-state index contributed by atoms with van der Waals surface area (Å²) in [5.74, 6) is 1.49. The van der Waals surface area contributed by atoms with Crippen molar-refractivity contribution in [2.24, 2.45) is 5.92 Å². The maximum absolute atomic E-state index is 13.2. The predicted molar refractivity (Wildman–Crippen MR) is 124 cm³/mol. The number of fused-ring (bicyclic) bond motifs is 1. The number of piperidine rings is 1. The van der Waals surface area contributed by atoms with Crippen LogP contribution in [-0.4, -0.2) is 25.0 Å². The molecule has 2 atom stereocenters. The smallest absolute Gasteiger partial charge is 0.196 e. The lowest BCUT2D eigenvalue weighted by Crippen LogP contribution is -2.36. The Hall–Kier alpha value is -2.59. The lowest BCUT2D eigenvalue weighted by atomic mass is 9.88. The number of likely N-dealkylation sites (tertiary alicyclic amines) is 1. The Bertz CT molecular complexity index is 1080. The lowest BCUT2D eigenvalue weighted by Gasteiger charge is -2.35. The van der Waals surface area contributed by atoms with Crippen molar-refractivity contribution in [2.45, 2.75) is 50.5 Å². The molecule has 31 heavy (non-hydrogen) atoms.